The summed E-state index contributed by atoms with van der Waals surface area (Å²) < 4.78 is 9.40. The fraction of sp³-hybridized carbons (Fsp3) is 0.526. The number of methoxy groups -OCH3 is 1. The molecule has 9 nitrogen and oxygen atoms in total. The van der Waals surface area contributed by atoms with Crippen molar-refractivity contribution in [3.63, 3.8) is 0 Å². The summed E-state index contributed by atoms with van der Waals surface area (Å²) in [5, 5.41) is 22.6. The van der Waals surface area contributed by atoms with E-state index >= 15 is 0 Å². The van der Waals surface area contributed by atoms with Crippen molar-refractivity contribution >= 4 is 30.7 Å². The number of amides is 1. The SMILES string of the molecule is CC(C)(C)OC(=O)N[C@@H](CS)C(=O)O.COC(=O)[C@H](CO)NCc1ccccc1. The fourth-order valence-corrected chi connectivity index (χ4v) is 2.08. The van der Waals surface area contributed by atoms with Gasteiger partial charge in [-0.25, -0.2) is 9.59 Å². The molecule has 0 aliphatic carbocycles. The summed E-state index contributed by atoms with van der Waals surface area (Å²) in [6, 6.07) is 7.97. The van der Waals surface area contributed by atoms with Crippen molar-refractivity contribution in [2.24, 2.45) is 0 Å². The standard InChI is InChI=1S/C11H15NO3.C8H15NO4S/c1-15-11(14)10(8-13)12-7-9-5-3-2-4-6-9;1-8(2,3)13-7(12)9-5(4-14)6(10)11/h2-6,10,12-13H,7-8H2,1H3;5,14H,4H2,1-3H3,(H,9,12)(H,10,11)/t10-;5-/m00/s1. The highest BCUT2D eigenvalue weighted by molar-refractivity contribution is 7.80. The number of benzene rings is 1. The summed E-state index contributed by atoms with van der Waals surface area (Å²) in [7, 11) is 1.30. The maximum absolute atomic E-state index is 11.1. The van der Waals surface area contributed by atoms with E-state index in [0.717, 1.165) is 5.56 Å². The van der Waals surface area contributed by atoms with Gasteiger partial charge in [0.1, 0.15) is 17.7 Å². The normalized spacial score (nSPS) is 12.6. The molecule has 0 radical (unpaired) electrons. The third-order valence-corrected chi connectivity index (χ3v) is 3.60. The minimum absolute atomic E-state index is 0.0224. The average Bonchev–Trinajstić information content (AvgIpc) is 2.66. The number of aliphatic carboxylic acids is 1. The smallest absolute Gasteiger partial charge is 0.408 e. The van der Waals surface area contributed by atoms with Crippen molar-refractivity contribution in [2.75, 3.05) is 19.5 Å². The van der Waals surface area contributed by atoms with Crippen LogP contribution in [0, 0.1) is 0 Å². The van der Waals surface area contributed by atoms with Gasteiger partial charge in [0.15, 0.2) is 0 Å². The Morgan fingerprint density at radius 3 is 2.14 bits per heavy atom. The number of hydrogen-bond donors (Lipinski definition) is 5. The van der Waals surface area contributed by atoms with Crippen molar-refractivity contribution in [1.82, 2.24) is 10.6 Å². The molecule has 1 rings (SSSR count). The molecule has 0 bridgehead atoms. The van der Waals surface area contributed by atoms with Crippen LogP contribution in [0.5, 0.6) is 0 Å². The maximum atomic E-state index is 11.1. The van der Waals surface area contributed by atoms with Crippen LogP contribution >= 0.6 is 12.6 Å². The van der Waals surface area contributed by atoms with Crippen molar-refractivity contribution < 1.29 is 34.1 Å². The van der Waals surface area contributed by atoms with Gasteiger partial charge in [-0.15, -0.1) is 0 Å². The number of aliphatic hydroxyl groups is 1. The number of alkyl carbamates (subject to hydrolysis) is 1. The van der Waals surface area contributed by atoms with Crippen LogP contribution in [0.3, 0.4) is 0 Å². The van der Waals surface area contributed by atoms with E-state index in [0.29, 0.717) is 6.54 Å². The first-order valence-corrected chi connectivity index (χ1v) is 9.46. The molecule has 0 saturated carbocycles. The van der Waals surface area contributed by atoms with Crippen molar-refractivity contribution in [3.05, 3.63) is 35.9 Å². The third-order valence-electron chi connectivity index (χ3n) is 3.24. The van der Waals surface area contributed by atoms with Crippen LogP contribution in [-0.4, -0.2) is 65.4 Å². The molecule has 0 aromatic heterocycles. The van der Waals surface area contributed by atoms with Crippen LogP contribution in [0.1, 0.15) is 26.3 Å². The Labute approximate surface area is 176 Å². The third kappa shape index (κ3) is 12.7. The predicted molar refractivity (Wildman–Crippen MR) is 111 cm³/mol. The number of nitrogens with one attached hydrogen (secondary N) is 2. The summed E-state index contributed by atoms with van der Waals surface area (Å²) in [5.74, 6) is -1.56. The largest absolute Gasteiger partial charge is 0.480 e. The number of carboxylic acid groups (broad SMARTS) is 1. The maximum Gasteiger partial charge on any atom is 0.408 e. The lowest BCUT2D eigenvalue weighted by molar-refractivity contribution is -0.144. The first-order valence-electron chi connectivity index (χ1n) is 8.83. The quantitative estimate of drug-likeness (QED) is 0.307. The van der Waals surface area contributed by atoms with E-state index in [4.69, 9.17) is 14.9 Å². The molecule has 1 amide bonds. The molecule has 0 fully saturated rings. The Kier molecular flexibility index (Phi) is 12.7. The number of carbonyl (C=O) groups excluding carboxylic acids is 2. The van der Waals surface area contributed by atoms with Gasteiger partial charge in [0.25, 0.3) is 0 Å². The minimum Gasteiger partial charge on any atom is -0.480 e. The van der Waals surface area contributed by atoms with Crippen LogP contribution in [0.4, 0.5) is 4.79 Å². The number of rotatable bonds is 8. The zero-order valence-electron chi connectivity index (χ0n) is 17.0. The summed E-state index contributed by atoms with van der Waals surface area (Å²) >= 11 is 3.79. The van der Waals surface area contributed by atoms with E-state index in [9.17, 15) is 14.4 Å². The van der Waals surface area contributed by atoms with Crippen LogP contribution in [0.15, 0.2) is 30.3 Å². The van der Waals surface area contributed by atoms with Gasteiger partial charge < -0.3 is 25.0 Å². The topological polar surface area (TPSA) is 134 Å². The minimum atomic E-state index is -1.13. The van der Waals surface area contributed by atoms with Gasteiger partial charge in [0.2, 0.25) is 0 Å². The second-order valence-electron chi connectivity index (χ2n) is 6.84. The molecule has 1 aromatic rings. The summed E-state index contributed by atoms with van der Waals surface area (Å²) in [6.07, 6.45) is -0.751. The highest BCUT2D eigenvalue weighted by Gasteiger charge is 2.22. The molecule has 10 heteroatoms. The summed E-state index contributed by atoms with van der Waals surface area (Å²) in [6.45, 7) is 5.36. The highest BCUT2D eigenvalue weighted by Crippen LogP contribution is 2.06. The van der Waals surface area contributed by atoms with Gasteiger partial charge >= 0.3 is 18.0 Å². The first-order chi connectivity index (χ1) is 13.5. The molecular formula is C19H30N2O7S. The first kappa shape index (κ1) is 26.7. The lowest BCUT2D eigenvalue weighted by Crippen LogP contribution is -2.44. The number of ether oxygens (including phenoxy) is 2. The molecule has 164 valence electrons. The molecule has 0 spiro atoms. The molecule has 0 unspecified atom stereocenters. The van der Waals surface area contributed by atoms with E-state index in [-0.39, 0.29) is 12.4 Å². The van der Waals surface area contributed by atoms with Crippen LogP contribution in [0.25, 0.3) is 0 Å². The Morgan fingerprint density at radius 2 is 1.72 bits per heavy atom. The lowest BCUT2D eigenvalue weighted by Gasteiger charge is -2.21. The van der Waals surface area contributed by atoms with Gasteiger partial charge in [0, 0.05) is 12.3 Å². The summed E-state index contributed by atoms with van der Waals surface area (Å²) in [4.78, 5) is 32.7. The number of aliphatic hydroxyl groups excluding tert-OH is 1. The Morgan fingerprint density at radius 1 is 1.14 bits per heavy atom. The van der Waals surface area contributed by atoms with Gasteiger partial charge in [-0.2, -0.15) is 12.6 Å². The fourth-order valence-electron chi connectivity index (χ4n) is 1.84. The summed E-state index contributed by atoms with van der Waals surface area (Å²) in [5.41, 5.74) is 0.420. The van der Waals surface area contributed by atoms with Crippen LogP contribution in [0.2, 0.25) is 0 Å². The monoisotopic (exact) mass is 430 g/mol. The van der Waals surface area contributed by atoms with Crippen LogP contribution < -0.4 is 10.6 Å². The predicted octanol–water partition coefficient (Wildman–Crippen LogP) is 1.20. The zero-order valence-corrected chi connectivity index (χ0v) is 17.9. The molecule has 0 saturated heterocycles. The molecule has 0 aliphatic rings. The molecule has 1 aromatic carbocycles. The molecule has 4 N–H and O–H groups in total. The Bertz CT molecular complexity index is 635. The zero-order chi connectivity index (χ0) is 22.4. The number of carboxylic acids is 1. The van der Waals surface area contributed by atoms with E-state index in [2.05, 4.69) is 28.0 Å². The molecule has 0 aliphatic heterocycles. The van der Waals surface area contributed by atoms with Gasteiger partial charge in [-0.1, -0.05) is 30.3 Å². The Balaban J connectivity index is 0.000000543. The second kappa shape index (κ2) is 13.8. The van der Waals surface area contributed by atoms with Crippen molar-refractivity contribution in [2.45, 2.75) is 45.0 Å². The molecule has 2 atom stereocenters. The van der Waals surface area contributed by atoms with Crippen LogP contribution in [-0.2, 0) is 25.6 Å². The lowest BCUT2D eigenvalue weighted by atomic mass is 10.2. The molecule has 29 heavy (non-hydrogen) atoms. The van der Waals surface area contributed by atoms with E-state index in [1.807, 2.05) is 30.3 Å². The highest BCUT2D eigenvalue weighted by atomic mass is 32.1. The van der Waals surface area contributed by atoms with E-state index < -0.39 is 35.7 Å². The van der Waals surface area contributed by atoms with Gasteiger partial charge in [-0.05, 0) is 26.3 Å². The number of thiol groups is 1. The second-order valence-corrected chi connectivity index (χ2v) is 7.21. The van der Waals surface area contributed by atoms with Gasteiger partial charge in [-0.3, -0.25) is 10.1 Å². The molecule has 0 heterocycles. The molecular weight excluding hydrogens is 400 g/mol. The van der Waals surface area contributed by atoms with Gasteiger partial charge in [0.05, 0.1) is 13.7 Å². The van der Waals surface area contributed by atoms with Crippen molar-refractivity contribution in [1.29, 1.82) is 0 Å². The van der Waals surface area contributed by atoms with E-state index in [1.54, 1.807) is 20.8 Å². The van der Waals surface area contributed by atoms with Crippen molar-refractivity contribution in [3.8, 4) is 0 Å². The number of esters is 1. The van der Waals surface area contributed by atoms with E-state index in [1.165, 1.54) is 7.11 Å². The average molecular weight is 431 g/mol. The Hall–Kier alpha value is -2.30. The number of carbonyl (C=O) groups is 3. The number of hydrogen-bond acceptors (Lipinski definition) is 8.